The molecule has 0 radical (unpaired) electrons. The number of anilines is 2. The molecule has 3 rings (SSSR count). The number of urea groups is 1. The van der Waals surface area contributed by atoms with Gasteiger partial charge in [0.15, 0.2) is 10.9 Å². The fourth-order valence-electron chi connectivity index (χ4n) is 2.77. The van der Waals surface area contributed by atoms with E-state index >= 15 is 0 Å². The van der Waals surface area contributed by atoms with Gasteiger partial charge in [0.2, 0.25) is 0 Å². The number of carbonyl (C=O) groups is 2. The van der Waals surface area contributed by atoms with Crippen LogP contribution in [0.2, 0.25) is 0 Å². The average molecular weight is 374 g/mol. The quantitative estimate of drug-likeness (QED) is 0.745. The second-order valence-electron chi connectivity index (χ2n) is 6.52. The van der Waals surface area contributed by atoms with Gasteiger partial charge in [-0.25, -0.2) is 9.78 Å². The van der Waals surface area contributed by atoms with E-state index in [-0.39, 0.29) is 11.8 Å². The number of ether oxygens (including phenoxy) is 1. The smallest absolute Gasteiger partial charge is 0.319 e. The maximum atomic E-state index is 12.4. The molecule has 8 heteroatoms. The monoisotopic (exact) mass is 374 g/mol. The number of Topliss-reactive ketones (excluding diaryl/α,β-unsaturated/α-hetero) is 1. The highest BCUT2D eigenvalue weighted by atomic mass is 32.1. The number of fused-ring (bicyclic) bond motifs is 1. The largest absolute Gasteiger partial charge is 0.486 e. The SMILES string of the molecule is CCC1(C)CC(=O)c2cc(NC(=O)NCCc3csc(N)n3)ccc2O1. The molecule has 1 atom stereocenters. The highest BCUT2D eigenvalue weighted by Gasteiger charge is 2.35. The topological polar surface area (TPSA) is 106 Å². The van der Waals surface area contributed by atoms with Crippen LogP contribution in [0.4, 0.5) is 15.6 Å². The van der Waals surface area contributed by atoms with Crippen LogP contribution >= 0.6 is 11.3 Å². The first kappa shape index (κ1) is 18.2. The molecule has 7 nitrogen and oxygen atoms in total. The number of nitrogens with zero attached hydrogens (tertiary/aromatic N) is 1. The number of ketones is 1. The Labute approximate surface area is 156 Å². The minimum atomic E-state index is -0.463. The standard InChI is InChI=1S/C18H22N4O3S/c1-3-18(2)9-14(23)13-8-11(4-5-15(13)25-18)22-17(24)20-7-6-12-10-26-16(19)21-12/h4-5,8,10H,3,6-7,9H2,1-2H3,(H2,19,21)(H2,20,22,24). The third-order valence-electron chi connectivity index (χ3n) is 4.41. The number of carbonyl (C=O) groups excluding carboxylic acids is 2. The minimum absolute atomic E-state index is 0.0285. The zero-order valence-corrected chi connectivity index (χ0v) is 15.6. The normalized spacial score (nSPS) is 18.8. The number of nitrogen functional groups attached to an aromatic ring is 1. The molecule has 2 heterocycles. The van der Waals surface area contributed by atoms with Crippen LogP contribution < -0.4 is 21.1 Å². The van der Waals surface area contributed by atoms with Crippen molar-refractivity contribution in [3.05, 3.63) is 34.8 Å². The van der Waals surface area contributed by atoms with Crippen LogP contribution in [0.25, 0.3) is 0 Å². The van der Waals surface area contributed by atoms with E-state index in [1.807, 2.05) is 19.2 Å². The van der Waals surface area contributed by atoms with Gasteiger partial charge in [-0.15, -0.1) is 11.3 Å². The molecular formula is C18H22N4O3S. The van der Waals surface area contributed by atoms with Crippen molar-refractivity contribution in [1.82, 2.24) is 10.3 Å². The molecule has 0 spiro atoms. The van der Waals surface area contributed by atoms with Gasteiger partial charge in [0.1, 0.15) is 11.4 Å². The number of nitrogens with one attached hydrogen (secondary N) is 2. The fraction of sp³-hybridized carbons (Fsp3) is 0.389. The van der Waals surface area contributed by atoms with Crippen LogP contribution in [-0.2, 0) is 6.42 Å². The molecule has 0 fully saturated rings. The molecule has 1 aromatic carbocycles. The van der Waals surface area contributed by atoms with Crippen molar-refractivity contribution in [2.24, 2.45) is 0 Å². The summed E-state index contributed by atoms with van der Waals surface area (Å²) in [5, 5.41) is 7.89. The third-order valence-corrected chi connectivity index (χ3v) is 5.14. The van der Waals surface area contributed by atoms with E-state index < -0.39 is 5.60 Å². The Bertz CT molecular complexity index is 836. The predicted molar refractivity (Wildman–Crippen MR) is 102 cm³/mol. The van der Waals surface area contributed by atoms with Crippen molar-refractivity contribution in [3.8, 4) is 5.75 Å². The van der Waals surface area contributed by atoms with Crippen molar-refractivity contribution >= 4 is 34.0 Å². The van der Waals surface area contributed by atoms with E-state index in [9.17, 15) is 9.59 Å². The van der Waals surface area contributed by atoms with Gasteiger partial charge < -0.3 is 21.1 Å². The molecule has 0 saturated heterocycles. The lowest BCUT2D eigenvalue weighted by molar-refractivity contribution is 0.0499. The van der Waals surface area contributed by atoms with Gasteiger partial charge in [-0.05, 0) is 31.5 Å². The molecule has 2 aromatic rings. The molecule has 2 amide bonds. The summed E-state index contributed by atoms with van der Waals surface area (Å²) in [6.45, 7) is 4.37. The Balaban J connectivity index is 1.58. The Hall–Kier alpha value is -2.61. The molecule has 0 saturated carbocycles. The van der Waals surface area contributed by atoms with Crippen LogP contribution in [0.15, 0.2) is 23.6 Å². The highest BCUT2D eigenvalue weighted by Crippen LogP contribution is 2.36. The lowest BCUT2D eigenvalue weighted by Crippen LogP contribution is -2.38. The zero-order chi connectivity index (χ0) is 18.7. The van der Waals surface area contributed by atoms with Crippen molar-refractivity contribution in [1.29, 1.82) is 0 Å². The number of rotatable bonds is 5. The predicted octanol–water partition coefficient (Wildman–Crippen LogP) is 3.22. The average Bonchev–Trinajstić information content (AvgIpc) is 3.01. The summed E-state index contributed by atoms with van der Waals surface area (Å²) in [4.78, 5) is 28.6. The first-order chi connectivity index (χ1) is 12.4. The van der Waals surface area contributed by atoms with Crippen LogP contribution in [0.1, 0.15) is 42.7 Å². The molecule has 1 unspecified atom stereocenters. The molecule has 1 aliphatic rings. The summed E-state index contributed by atoms with van der Waals surface area (Å²) >= 11 is 1.38. The molecule has 26 heavy (non-hydrogen) atoms. The molecule has 1 aliphatic heterocycles. The van der Waals surface area contributed by atoms with Crippen LogP contribution in [0.3, 0.4) is 0 Å². The van der Waals surface area contributed by atoms with Crippen LogP contribution in [-0.4, -0.2) is 28.9 Å². The number of aromatic nitrogens is 1. The number of benzene rings is 1. The lowest BCUT2D eigenvalue weighted by atomic mass is 9.89. The van der Waals surface area contributed by atoms with Gasteiger partial charge >= 0.3 is 6.03 Å². The van der Waals surface area contributed by atoms with E-state index in [1.54, 1.807) is 18.2 Å². The van der Waals surface area contributed by atoms with Crippen molar-refractivity contribution in [3.63, 3.8) is 0 Å². The molecule has 1 aromatic heterocycles. The molecule has 4 N–H and O–H groups in total. The van der Waals surface area contributed by atoms with Crippen molar-refractivity contribution in [2.75, 3.05) is 17.6 Å². The number of nitrogens with two attached hydrogens (primary N) is 1. The number of amides is 2. The zero-order valence-electron chi connectivity index (χ0n) is 14.8. The summed E-state index contributed by atoms with van der Waals surface area (Å²) in [5.74, 6) is 0.596. The van der Waals surface area contributed by atoms with E-state index in [0.717, 1.165) is 12.1 Å². The molecule has 138 valence electrons. The summed E-state index contributed by atoms with van der Waals surface area (Å²) in [7, 11) is 0. The van der Waals surface area contributed by atoms with E-state index in [4.69, 9.17) is 10.5 Å². The van der Waals surface area contributed by atoms with Crippen molar-refractivity contribution < 1.29 is 14.3 Å². The minimum Gasteiger partial charge on any atom is -0.486 e. The van der Waals surface area contributed by atoms with E-state index in [2.05, 4.69) is 15.6 Å². The Morgan fingerprint density at radius 2 is 2.27 bits per heavy atom. The molecule has 0 aliphatic carbocycles. The summed E-state index contributed by atoms with van der Waals surface area (Å²) in [5.41, 5.74) is 7.02. The van der Waals surface area contributed by atoms with Gasteiger partial charge in [-0.1, -0.05) is 6.92 Å². The number of hydrogen-bond donors (Lipinski definition) is 3. The Morgan fingerprint density at radius 3 is 2.96 bits per heavy atom. The number of hydrogen-bond acceptors (Lipinski definition) is 6. The van der Waals surface area contributed by atoms with Gasteiger partial charge in [0.05, 0.1) is 17.7 Å². The lowest BCUT2D eigenvalue weighted by Gasteiger charge is -2.34. The van der Waals surface area contributed by atoms with Crippen molar-refractivity contribution in [2.45, 2.75) is 38.7 Å². The summed E-state index contributed by atoms with van der Waals surface area (Å²) < 4.78 is 5.95. The second-order valence-corrected chi connectivity index (χ2v) is 7.41. The number of thiazole rings is 1. The first-order valence-corrected chi connectivity index (χ1v) is 9.37. The summed E-state index contributed by atoms with van der Waals surface area (Å²) in [6.07, 6.45) is 1.70. The molecular weight excluding hydrogens is 352 g/mol. The maximum absolute atomic E-state index is 12.4. The Morgan fingerprint density at radius 1 is 1.46 bits per heavy atom. The second kappa shape index (κ2) is 7.33. The van der Waals surface area contributed by atoms with Gasteiger partial charge in [-0.2, -0.15) is 0 Å². The fourth-order valence-corrected chi connectivity index (χ4v) is 3.36. The molecule has 0 bridgehead atoms. The van der Waals surface area contributed by atoms with Gasteiger partial charge in [0.25, 0.3) is 0 Å². The van der Waals surface area contributed by atoms with E-state index in [0.29, 0.717) is 41.5 Å². The van der Waals surface area contributed by atoms with Gasteiger partial charge in [0, 0.05) is 24.0 Å². The first-order valence-electron chi connectivity index (χ1n) is 8.49. The highest BCUT2D eigenvalue weighted by molar-refractivity contribution is 7.13. The Kier molecular flexibility index (Phi) is 5.13. The van der Waals surface area contributed by atoms with Crippen LogP contribution in [0, 0.1) is 0 Å². The summed E-state index contributed by atoms with van der Waals surface area (Å²) in [6, 6.07) is 4.78. The van der Waals surface area contributed by atoms with Crippen LogP contribution in [0.5, 0.6) is 5.75 Å². The third kappa shape index (κ3) is 4.13. The van der Waals surface area contributed by atoms with E-state index in [1.165, 1.54) is 11.3 Å². The van der Waals surface area contributed by atoms with Gasteiger partial charge in [-0.3, -0.25) is 4.79 Å². The maximum Gasteiger partial charge on any atom is 0.319 e.